The van der Waals surface area contributed by atoms with Gasteiger partial charge in [-0.2, -0.15) is 0 Å². The summed E-state index contributed by atoms with van der Waals surface area (Å²) < 4.78 is 13.5. The molecule has 0 bridgehead atoms. The van der Waals surface area contributed by atoms with E-state index in [9.17, 15) is 9.18 Å². The fourth-order valence-electron chi connectivity index (χ4n) is 1.38. The minimum Gasteiger partial charge on any atom is -0.313 e. The van der Waals surface area contributed by atoms with Gasteiger partial charge in [0.2, 0.25) is 0 Å². The van der Waals surface area contributed by atoms with Crippen LogP contribution in [0.1, 0.15) is 5.56 Å². The van der Waals surface area contributed by atoms with Crippen LogP contribution in [0, 0.1) is 12.7 Å². The summed E-state index contributed by atoms with van der Waals surface area (Å²) in [6.45, 7) is 1.84. The number of nitrogens with one attached hydrogen (secondary N) is 1. The molecule has 2 aromatic rings. The lowest BCUT2D eigenvalue weighted by molar-refractivity contribution is 0.630. The van der Waals surface area contributed by atoms with Crippen molar-refractivity contribution < 1.29 is 4.39 Å². The molecule has 0 unspecified atom stereocenters. The van der Waals surface area contributed by atoms with Crippen LogP contribution < -0.4 is 5.56 Å². The van der Waals surface area contributed by atoms with Crippen LogP contribution >= 0.6 is 0 Å². The molecular weight excluding hydrogens is 195 g/mol. The molecule has 15 heavy (non-hydrogen) atoms. The molecule has 0 aliphatic rings. The summed E-state index contributed by atoms with van der Waals surface area (Å²) in [5.74, 6) is -0.417. The standard InChI is InChI=1S/C11H9FN2O/c1-7-2-3-10(12)8(4-7)9-5-13-6-14-11(9)15/h2-6H,1H3,(H,13,14,15). The zero-order chi connectivity index (χ0) is 10.8. The number of nitrogens with zero attached hydrogens (tertiary/aromatic N) is 1. The van der Waals surface area contributed by atoms with E-state index in [-0.39, 0.29) is 16.7 Å². The molecule has 76 valence electrons. The van der Waals surface area contributed by atoms with Crippen molar-refractivity contribution in [2.45, 2.75) is 6.92 Å². The molecule has 4 heteroatoms. The second-order valence-electron chi connectivity index (χ2n) is 3.28. The smallest absolute Gasteiger partial charge is 0.258 e. The molecule has 0 aliphatic heterocycles. The number of benzene rings is 1. The van der Waals surface area contributed by atoms with Crippen molar-refractivity contribution in [2.75, 3.05) is 0 Å². The summed E-state index contributed by atoms with van der Waals surface area (Å²) in [6, 6.07) is 4.63. The Kier molecular flexibility index (Phi) is 2.33. The molecular formula is C11H9FN2O. The topological polar surface area (TPSA) is 45.8 Å². The number of rotatable bonds is 1. The van der Waals surface area contributed by atoms with Gasteiger partial charge in [0.05, 0.1) is 11.9 Å². The van der Waals surface area contributed by atoms with E-state index < -0.39 is 5.82 Å². The lowest BCUT2D eigenvalue weighted by Gasteiger charge is -2.02. The van der Waals surface area contributed by atoms with Crippen LogP contribution in [0.2, 0.25) is 0 Å². The van der Waals surface area contributed by atoms with Gasteiger partial charge in [0, 0.05) is 11.8 Å². The van der Waals surface area contributed by atoms with Gasteiger partial charge in [-0.1, -0.05) is 11.6 Å². The Labute approximate surface area is 85.6 Å². The normalized spacial score (nSPS) is 10.3. The van der Waals surface area contributed by atoms with Crippen LogP contribution in [0.3, 0.4) is 0 Å². The lowest BCUT2D eigenvalue weighted by atomic mass is 10.1. The third-order valence-corrected chi connectivity index (χ3v) is 2.13. The number of halogens is 1. The van der Waals surface area contributed by atoms with Crippen LogP contribution in [0.15, 0.2) is 35.5 Å². The Balaban J connectivity index is 2.69. The molecule has 0 spiro atoms. The average Bonchev–Trinajstić information content (AvgIpc) is 2.23. The second kappa shape index (κ2) is 3.65. The fourth-order valence-corrected chi connectivity index (χ4v) is 1.38. The van der Waals surface area contributed by atoms with Crippen molar-refractivity contribution in [1.82, 2.24) is 9.97 Å². The number of aromatic nitrogens is 2. The van der Waals surface area contributed by atoms with Gasteiger partial charge in [-0.3, -0.25) is 4.79 Å². The maximum atomic E-state index is 13.5. The Morgan fingerprint density at radius 1 is 1.33 bits per heavy atom. The van der Waals surface area contributed by atoms with Gasteiger partial charge < -0.3 is 4.98 Å². The van der Waals surface area contributed by atoms with Crippen LogP contribution in [-0.4, -0.2) is 9.97 Å². The van der Waals surface area contributed by atoms with Gasteiger partial charge in [-0.25, -0.2) is 9.37 Å². The predicted molar refractivity (Wildman–Crippen MR) is 55.0 cm³/mol. The number of aromatic amines is 1. The van der Waals surface area contributed by atoms with E-state index in [2.05, 4.69) is 9.97 Å². The summed E-state index contributed by atoms with van der Waals surface area (Å²) in [6.07, 6.45) is 2.64. The minimum absolute atomic E-state index is 0.249. The molecule has 0 radical (unpaired) electrons. The zero-order valence-electron chi connectivity index (χ0n) is 8.12. The second-order valence-corrected chi connectivity index (χ2v) is 3.28. The maximum Gasteiger partial charge on any atom is 0.258 e. The maximum absolute atomic E-state index is 13.5. The Hall–Kier alpha value is -1.97. The third-order valence-electron chi connectivity index (χ3n) is 2.13. The summed E-state index contributed by atoms with van der Waals surface area (Å²) >= 11 is 0. The molecule has 1 aromatic heterocycles. The Bertz CT molecular complexity index is 548. The van der Waals surface area contributed by atoms with Gasteiger partial charge >= 0.3 is 0 Å². The molecule has 1 aromatic carbocycles. The number of hydrogen-bond acceptors (Lipinski definition) is 2. The zero-order valence-corrected chi connectivity index (χ0v) is 8.12. The van der Waals surface area contributed by atoms with Crippen LogP contribution in [0.4, 0.5) is 4.39 Å². The quantitative estimate of drug-likeness (QED) is 0.770. The molecule has 0 saturated carbocycles. The van der Waals surface area contributed by atoms with Crippen LogP contribution in [0.5, 0.6) is 0 Å². The molecule has 0 saturated heterocycles. The minimum atomic E-state index is -0.417. The monoisotopic (exact) mass is 204 g/mol. The van der Waals surface area contributed by atoms with Crippen molar-refractivity contribution in [2.24, 2.45) is 0 Å². The highest BCUT2D eigenvalue weighted by molar-refractivity contribution is 5.62. The summed E-state index contributed by atoms with van der Waals surface area (Å²) in [7, 11) is 0. The molecule has 0 atom stereocenters. The highest BCUT2D eigenvalue weighted by atomic mass is 19.1. The molecule has 0 aliphatic carbocycles. The van der Waals surface area contributed by atoms with Crippen LogP contribution in [0.25, 0.3) is 11.1 Å². The first kappa shape index (κ1) is 9.58. The van der Waals surface area contributed by atoms with Gasteiger partial charge in [0.1, 0.15) is 5.82 Å². The van der Waals surface area contributed by atoms with E-state index in [1.54, 1.807) is 12.1 Å². The van der Waals surface area contributed by atoms with E-state index in [1.165, 1.54) is 18.6 Å². The van der Waals surface area contributed by atoms with Crippen molar-refractivity contribution in [1.29, 1.82) is 0 Å². The van der Waals surface area contributed by atoms with Crippen molar-refractivity contribution in [3.05, 3.63) is 52.5 Å². The highest BCUT2D eigenvalue weighted by Crippen LogP contribution is 2.19. The van der Waals surface area contributed by atoms with E-state index in [0.717, 1.165) is 5.56 Å². The molecule has 1 N–H and O–H groups in total. The Morgan fingerprint density at radius 3 is 2.87 bits per heavy atom. The summed E-state index contributed by atoms with van der Waals surface area (Å²) in [4.78, 5) is 17.6. The fraction of sp³-hybridized carbons (Fsp3) is 0.0909. The average molecular weight is 204 g/mol. The van der Waals surface area contributed by atoms with E-state index in [0.29, 0.717) is 0 Å². The third kappa shape index (κ3) is 1.79. The van der Waals surface area contributed by atoms with Gasteiger partial charge in [-0.15, -0.1) is 0 Å². The van der Waals surface area contributed by atoms with E-state index >= 15 is 0 Å². The summed E-state index contributed by atoms with van der Waals surface area (Å²) in [5.41, 5.74) is 1.09. The largest absolute Gasteiger partial charge is 0.313 e. The van der Waals surface area contributed by atoms with Crippen LogP contribution in [-0.2, 0) is 0 Å². The summed E-state index contributed by atoms with van der Waals surface area (Å²) in [5, 5.41) is 0. The molecule has 0 amide bonds. The first-order valence-electron chi connectivity index (χ1n) is 4.47. The van der Waals surface area contributed by atoms with Crippen molar-refractivity contribution in [3.8, 4) is 11.1 Å². The first-order valence-corrected chi connectivity index (χ1v) is 4.47. The molecule has 2 rings (SSSR count). The van der Waals surface area contributed by atoms with Gasteiger partial charge in [-0.05, 0) is 19.1 Å². The predicted octanol–water partition coefficient (Wildman–Crippen LogP) is 1.88. The van der Waals surface area contributed by atoms with Gasteiger partial charge in [0.15, 0.2) is 0 Å². The number of aryl methyl sites for hydroxylation is 1. The van der Waals surface area contributed by atoms with Gasteiger partial charge in [0.25, 0.3) is 5.56 Å². The Morgan fingerprint density at radius 2 is 2.13 bits per heavy atom. The first-order chi connectivity index (χ1) is 7.18. The van der Waals surface area contributed by atoms with Crippen molar-refractivity contribution >= 4 is 0 Å². The molecule has 0 fully saturated rings. The van der Waals surface area contributed by atoms with E-state index in [1.807, 2.05) is 6.92 Å². The highest BCUT2D eigenvalue weighted by Gasteiger charge is 2.08. The number of H-pyrrole nitrogens is 1. The number of hydrogen-bond donors (Lipinski definition) is 1. The van der Waals surface area contributed by atoms with E-state index in [4.69, 9.17) is 0 Å². The SMILES string of the molecule is Cc1ccc(F)c(-c2cnc[nH]c2=O)c1. The molecule has 1 heterocycles. The van der Waals surface area contributed by atoms with Crippen molar-refractivity contribution in [3.63, 3.8) is 0 Å². The molecule has 3 nitrogen and oxygen atoms in total. The lowest BCUT2D eigenvalue weighted by Crippen LogP contribution is -2.09.